The molecular weight excluding hydrogens is 566 g/mol. The Hall–Kier alpha value is -3.24. The van der Waals surface area contributed by atoms with E-state index in [1.807, 2.05) is 18.2 Å². The number of hydrogen-bond acceptors (Lipinski definition) is 6. The van der Waals surface area contributed by atoms with E-state index < -0.39 is 32.9 Å². The number of carboxylic acid groups (broad SMARTS) is 1. The van der Waals surface area contributed by atoms with E-state index in [-0.39, 0.29) is 16.8 Å². The van der Waals surface area contributed by atoms with E-state index in [0.29, 0.717) is 65.8 Å². The smallest absolute Gasteiger partial charge is 0.309 e. The molecule has 232 valence electrons. The second-order valence-corrected chi connectivity index (χ2v) is 15.3. The summed E-state index contributed by atoms with van der Waals surface area (Å²) in [7, 11) is -3.81. The molecule has 0 bridgehead atoms. The number of oxazole rings is 1. The molecular formula is C33H43N3O6S. The van der Waals surface area contributed by atoms with Crippen LogP contribution in [0, 0.1) is 11.3 Å². The lowest BCUT2D eigenvalue weighted by molar-refractivity contribution is -0.150. The van der Waals surface area contributed by atoms with E-state index in [1.165, 1.54) is 19.3 Å². The summed E-state index contributed by atoms with van der Waals surface area (Å²) in [6, 6.07) is 10.5. The standard InChI is InChI=1S/C33H43N3O6S/c1-32(2,3)36-43(40,41)27-15-14-25(23-12-8-9-13-24(23)27)28-26(20-21-10-6-5-7-11-21)35-30(42-28)29(37)34-22-16-18-33(4,19-17-22)31(38)39/h8-9,12-15,21-22,36H,5-7,10-11,16-20H2,1-4H3,(H,34,37)(H,38,39). The van der Waals surface area contributed by atoms with Crippen molar-refractivity contribution >= 4 is 32.7 Å². The summed E-state index contributed by atoms with van der Waals surface area (Å²) in [6.45, 7) is 7.17. The summed E-state index contributed by atoms with van der Waals surface area (Å²) in [5.74, 6) is -0.327. The van der Waals surface area contributed by atoms with Crippen molar-refractivity contribution in [2.45, 2.75) is 108 Å². The molecule has 10 heteroatoms. The Morgan fingerprint density at radius 1 is 1.00 bits per heavy atom. The van der Waals surface area contributed by atoms with Gasteiger partial charge >= 0.3 is 11.9 Å². The molecule has 2 saturated carbocycles. The highest BCUT2D eigenvalue weighted by atomic mass is 32.2. The highest BCUT2D eigenvalue weighted by Crippen LogP contribution is 2.39. The molecule has 2 aromatic carbocycles. The second-order valence-electron chi connectivity index (χ2n) is 13.6. The monoisotopic (exact) mass is 609 g/mol. The van der Waals surface area contributed by atoms with Gasteiger partial charge in [-0.1, -0.05) is 56.4 Å². The van der Waals surface area contributed by atoms with Crippen molar-refractivity contribution < 1.29 is 27.5 Å². The van der Waals surface area contributed by atoms with E-state index in [2.05, 4.69) is 10.0 Å². The lowest BCUT2D eigenvalue weighted by atomic mass is 9.74. The molecule has 0 saturated heterocycles. The fourth-order valence-electron chi connectivity index (χ4n) is 6.48. The van der Waals surface area contributed by atoms with Crippen molar-refractivity contribution in [2.75, 3.05) is 0 Å². The SMILES string of the molecule is CC(C)(C)NS(=O)(=O)c1ccc(-c2oc(C(=O)NC3CCC(C)(C(=O)O)CC3)nc2CC2CCCCC2)c2ccccc12. The molecule has 1 aromatic heterocycles. The predicted molar refractivity (Wildman–Crippen MR) is 165 cm³/mol. The van der Waals surface area contributed by atoms with Crippen LogP contribution in [-0.4, -0.2) is 42.0 Å². The molecule has 0 atom stereocenters. The number of rotatable bonds is 8. The number of nitrogens with one attached hydrogen (secondary N) is 2. The van der Waals surface area contributed by atoms with E-state index in [4.69, 9.17) is 9.40 Å². The summed E-state index contributed by atoms with van der Waals surface area (Å²) < 4.78 is 35.7. The van der Waals surface area contributed by atoms with Gasteiger partial charge in [-0.15, -0.1) is 0 Å². The Morgan fingerprint density at radius 3 is 2.28 bits per heavy atom. The van der Waals surface area contributed by atoms with Gasteiger partial charge in [-0.3, -0.25) is 9.59 Å². The minimum Gasteiger partial charge on any atom is -0.481 e. The molecule has 2 aliphatic carbocycles. The molecule has 0 unspecified atom stereocenters. The normalized spacial score (nSPS) is 22.0. The first-order valence-corrected chi connectivity index (χ1v) is 16.8. The van der Waals surface area contributed by atoms with E-state index in [9.17, 15) is 23.1 Å². The summed E-state index contributed by atoms with van der Waals surface area (Å²) >= 11 is 0. The Morgan fingerprint density at radius 2 is 1.65 bits per heavy atom. The molecule has 1 amide bonds. The Balaban J connectivity index is 1.50. The fourth-order valence-corrected chi connectivity index (χ4v) is 8.12. The lowest BCUT2D eigenvalue weighted by Crippen LogP contribution is -2.42. The highest BCUT2D eigenvalue weighted by molar-refractivity contribution is 7.89. The van der Waals surface area contributed by atoms with Gasteiger partial charge in [-0.25, -0.2) is 18.1 Å². The van der Waals surface area contributed by atoms with Gasteiger partial charge in [-0.05, 0) is 83.2 Å². The van der Waals surface area contributed by atoms with Crippen LogP contribution in [0.25, 0.3) is 22.1 Å². The molecule has 9 nitrogen and oxygen atoms in total. The number of amides is 1. The number of sulfonamides is 1. The van der Waals surface area contributed by atoms with E-state index in [1.54, 1.807) is 45.9 Å². The van der Waals surface area contributed by atoms with Gasteiger partial charge in [0.05, 0.1) is 16.0 Å². The first-order valence-electron chi connectivity index (χ1n) is 15.4. The summed E-state index contributed by atoms with van der Waals surface area (Å²) in [6.07, 6.45) is 8.53. The quantitative estimate of drug-likeness (QED) is 0.266. The van der Waals surface area contributed by atoms with Crippen LogP contribution in [0.5, 0.6) is 0 Å². The molecule has 2 fully saturated rings. The van der Waals surface area contributed by atoms with Crippen LogP contribution < -0.4 is 10.0 Å². The van der Waals surface area contributed by atoms with Crippen molar-refractivity contribution in [3.05, 3.63) is 48.0 Å². The van der Waals surface area contributed by atoms with Gasteiger partial charge in [0.15, 0.2) is 5.76 Å². The Kier molecular flexibility index (Phi) is 8.73. The van der Waals surface area contributed by atoms with Crippen LogP contribution in [-0.2, 0) is 21.2 Å². The second kappa shape index (κ2) is 12.0. The molecule has 5 rings (SSSR count). The topological polar surface area (TPSA) is 139 Å². The van der Waals surface area contributed by atoms with Gasteiger partial charge in [0.2, 0.25) is 10.0 Å². The maximum Gasteiger partial charge on any atom is 0.309 e. The Labute approximate surface area is 253 Å². The first kappa shape index (κ1) is 31.2. The first-order chi connectivity index (χ1) is 20.3. The fraction of sp³-hybridized carbons (Fsp3) is 0.545. The molecule has 3 N–H and O–H groups in total. The largest absolute Gasteiger partial charge is 0.481 e. The molecule has 1 heterocycles. The van der Waals surface area contributed by atoms with Crippen molar-refractivity contribution in [3.63, 3.8) is 0 Å². The summed E-state index contributed by atoms with van der Waals surface area (Å²) in [5, 5.41) is 13.8. The maximum atomic E-state index is 13.4. The van der Waals surface area contributed by atoms with Gasteiger partial charge in [0.1, 0.15) is 0 Å². The van der Waals surface area contributed by atoms with Crippen molar-refractivity contribution in [1.29, 1.82) is 0 Å². The molecule has 2 aliphatic rings. The number of nitrogens with zero attached hydrogens (tertiary/aromatic N) is 1. The number of aromatic nitrogens is 1. The zero-order valence-corrected chi connectivity index (χ0v) is 26.4. The number of fused-ring (bicyclic) bond motifs is 1. The highest BCUT2D eigenvalue weighted by Gasteiger charge is 2.38. The lowest BCUT2D eigenvalue weighted by Gasteiger charge is -2.33. The van der Waals surface area contributed by atoms with Crippen molar-refractivity contribution in [2.24, 2.45) is 11.3 Å². The van der Waals surface area contributed by atoms with Crippen LogP contribution in [0.4, 0.5) is 0 Å². The van der Waals surface area contributed by atoms with Gasteiger partial charge in [-0.2, -0.15) is 0 Å². The van der Waals surface area contributed by atoms with Gasteiger partial charge < -0.3 is 14.8 Å². The van der Waals surface area contributed by atoms with Gasteiger partial charge in [0, 0.05) is 22.5 Å². The Bertz CT molecular complexity index is 1610. The van der Waals surface area contributed by atoms with Crippen LogP contribution in [0.2, 0.25) is 0 Å². The third-order valence-electron chi connectivity index (χ3n) is 8.90. The minimum absolute atomic E-state index is 0.0254. The maximum absolute atomic E-state index is 13.4. The average molecular weight is 610 g/mol. The molecule has 0 aliphatic heterocycles. The van der Waals surface area contributed by atoms with Crippen LogP contribution in [0.1, 0.15) is 102 Å². The average Bonchev–Trinajstić information content (AvgIpc) is 3.36. The summed E-state index contributed by atoms with van der Waals surface area (Å²) in [5.41, 5.74) is -0.0257. The summed E-state index contributed by atoms with van der Waals surface area (Å²) in [4.78, 5) is 30.0. The number of hydrogen-bond donors (Lipinski definition) is 3. The molecule has 0 radical (unpaired) electrons. The van der Waals surface area contributed by atoms with E-state index in [0.717, 1.165) is 12.8 Å². The van der Waals surface area contributed by atoms with Crippen molar-refractivity contribution in [3.8, 4) is 11.3 Å². The number of aliphatic carboxylic acids is 1. The number of carbonyl (C=O) groups excluding carboxylic acids is 1. The van der Waals surface area contributed by atoms with Crippen LogP contribution >= 0.6 is 0 Å². The predicted octanol–water partition coefficient (Wildman–Crippen LogP) is 6.46. The third kappa shape index (κ3) is 6.96. The van der Waals surface area contributed by atoms with Crippen LogP contribution in [0.3, 0.4) is 0 Å². The molecule has 43 heavy (non-hydrogen) atoms. The number of carboxylic acids is 1. The number of benzene rings is 2. The zero-order chi connectivity index (χ0) is 31.0. The zero-order valence-electron chi connectivity index (χ0n) is 25.5. The van der Waals surface area contributed by atoms with Crippen molar-refractivity contribution in [1.82, 2.24) is 15.0 Å². The molecule has 0 spiro atoms. The van der Waals surface area contributed by atoms with Gasteiger partial charge in [0.25, 0.3) is 5.89 Å². The van der Waals surface area contributed by atoms with E-state index >= 15 is 0 Å². The van der Waals surface area contributed by atoms with Crippen LogP contribution in [0.15, 0.2) is 45.7 Å². The minimum atomic E-state index is -3.81. The number of carbonyl (C=O) groups is 2. The molecule has 3 aromatic rings. The third-order valence-corrected chi connectivity index (χ3v) is 10.7.